The van der Waals surface area contributed by atoms with E-state index >= 15 is 0 Å². The number of nitrogens with zero attached hydrogens (tertiary/aromatic N) is 2. The summed E-state index contributed by atoms with van der Waals surface area (Å²) in [6.45, 7) is 2.08. The van der Waals surface area contributed by atoms with E-state index in [1.165, 1.54) is 11.1 Å². The molecule has 3 N–H and O–H groups in total. The second-order valence-corrected chi connectivity index (χ2v) is 4.70. The van der Waals surface area contributed by atoms with E-state index < -0.39 is 0 Å². The van der Waals surface area contributed by atoms with Gasteiger partial charge in [0.2, 0.25) is 0 Å². The molecule has 98 valence electrons. The molecule has 0 amide bonds. The van der Waals surface area contributed by atoms with Gasteiger partial charge >= 0.3 is 0 Å². The Hall–Kier alpha value is -2.43. The normalized spacial score (nSPS) is 11.1. The second-order valence-electron chi connectivity index (χ2n) is 4.70. The van der Waals surface area contributed by atoms with E-state index in [9.17, 15) is 0 Å². The molecule has 0 aliphatic rings. The zero-order valence-corrected chi connectivity index (χ0v) is 11.2. The van der Waals surface area contributed by atoms with E-state index in [0.717, 1.165) is 22.4 Å². The first kappa shape index (κ1) is 11.6. The monoisotopic (exact) mass is 256 g/mol. The molecule has 0 atom stereocenters. The SMILES string of the molecule is COc1cc(C)c2c(c1)c(-c1cc(N)n[nH]1)cn2C. The van der Waals surface area contributed by atoms with Gasteiger partial charge in [-0.25, -0.2) is 0 Å². The van der Waals surface area contributed by atoms with Crippen molar-refractivity contribution in [2.45, 2.75) is 6.92 Å². The molecule has 5 nitrogen and oxygen atoms in total. The number of aromatic amines is 1. The van der Waals surface area contributed by atoms with E-state index in [1.807, 2.05) is 25.2 Å². The standard InChI is InChI=1S/C14H16N4O/c1-8-4-9(19-3)5-10-11(7-18(2)14(8)10)12-6-13(15)17-16-12/h4-7H,1-3H3,(H3,15,16,17). The zero-order valence-electron chi connectivity index (χ0n) is 11.2. The largest absolute Gasteiger partial charge is 0.497 e. The van der Waals surface area contributed by atoms with Gasteiger partial charge in [0.25, 0.3) is 0 Å². The van der Waals surface area contributed by atoms with Crippen molar-refractivity contribution in [3.63, 3.8) is 0 Å². The first-order chi connectivity index (χ1) is 9.10. The van der Waals surface area contributed by atoms with Gasteiger partial charge in [-0.1, -0.05) is 0 Å². The minimum Gasteiger partial charge on any atom is -0.497 e. The van der Waals surface area contributed by atoms with Crippen LogP contribution in [0.2, 0.25) is 0 Å². The number of nitrogens with one attached hydrogen (secondary N) is 1. The Morgan fingerprint density at radius 3 is 2.74 bits per heavy atom. The molecule has 5 heteroatoms. The Morgan fingerprint density at radius 2 is 2.11 bits per heavy atom. The molecular formula is C14H16N4O. The number of hydrogen-bond donors (Lipinski definition) is 2. The van der Waals surface area contributed by atoms with Crippen molar-refractivity contribution in [1.29, 1.82) is 0 Å². The molecule has 3 aromatic rings. The van der Waals surface area contributed by atoms with E-state index in [-0.39, 0.29) is 0 Å². The maximum absolute atomic E-state index is 5.68. The molecule has 0 fully saturated rings. The second kappa shape index (κ2) is 4.05. The highest BCUT2D eigenvalue weighted by Crippen LogP contribution is 2.34. The highest BCUT2D eigenvalue weighted by molar-refractivity contribution is 5.98. The number of ether oxygens (including phenoxy) is 1. The van der Waals surface area contributed by atoms with Crippen LogP contribution >= 0.6 is 0 Å². The van der Waals surface area contributed by atoms with Crippen molar-refractivity contribution in [1.82, 2.24) is 14.8 Å². The molecule has 0 radical (unpaired) electrons. The maximum atomic E-state index is 5.68. The molecule has 0 aliphatic carbocycles. The Balaban J connectivity index is 2.34. The lowest BCUT2D eigenvalue weighted by atomic mass is 10.1. The number of benzene rings is 1. The number of anilines is 1. The molecule has 0 unspecified atom stereocenters. The zero-order chi connectivity index (χ0) is 13.6. The Morgan fingerprint density at radius 1 is 1.32 bits per heavy atom. The smallest absolute Gasteiger partial charge is 0.145 e. The van der Waals surface area contributed by atoms with Crippen LogP contribution < -0.4 is 10.5 Å². The van der Waals surface area contributed by atoms with Gasteiger partial charge in [0.1, 0.15) is 11.6 Å². The molecule has 0 bridgehead atoms. The minimum absolute atomic E-state index is 0.492. The number of nitrogens with two attached hydrogens (primary N) is 1. The van der Waals surface area contributed by atoms with Crippen LogP contribution in [0.3, 0.4) is 0 Å². The molecule has 0 spiro atoms. The van der Waals surface area contributed by atoms with Crippen LogP contribution in [0.15, 0.2) is 24.4 Å². The molecule has 2 aromatic heterocycles. The van der Waals surface area contributed by atoms with Gasteiger partial charge in [-0.3, -0.25) is 5.10 Å². The lowest BCUT2D eigenvalue weighted by Crippen LogP contribution is -1.89. The third-order valence-electron chi connectivity index (χ3n) is 3.36. The Kier molecular flexibility index (Phi) is 2.48. The van der Waals surface area contributed by atoms with Crippen molar-refractivity contribution in [3.8, 4) is 17.0 Å². The van der Waals surface area contributed by atoms with Gasteiger partial charge in [-0.15, -0.1) is 0 Å². The summed E-state index contributed by atoms with van der Waals surface area (Å²) in [7, 11) is 3.71. The summed E-state index contributed by atoms with van der Waals surface area (Å²) in [6.07, 6.45) is 2.07. The molecule has 2 heterocycles. The van der Waals surface area contributed by atoms with Crippen LogP contribution in [0.5, 0.6) is 5.75 Å². The highest BCUT2D eigenvalue weighted by atomic mass is 16.5. The first-order valence-electron chi connectivity index (χ1n) is 6.05. The quantitative estimate of drug-likeness (QED) is 0.740. The summed E-state index contributed by atoms with van der Waals surface area (Å²) < 4.78 is 7.46. The molecule has 0 aliphatic heterocycles. The predicted octanol–water partition coefficient (Wildman–Crippen LogP) is 2.47. The van der Waals surface area contributed by atoms with Gasteiger partial charge < -0.3 is 15.0 Å². The molecule has 0 saturated carbocycles. The van der Waals surface area contributed by atoms with Gasteiger partial charge in [0.05, 0.1) is 18.3 Å². The van der Waals surface area contributed by atoms with E-state index in [0.29, 0.717) is 5.82 Å². The molecule has 0 saturated heterocycles. The average Bonchev–Trinajstić information content (AvgIpc) is 2.93. The topological polar surface area (TPSA) is 68.9 Å². The van der Waals surface area contributed by atoms with Crippen LogP contribution in [0, 0.1) is 6.92 Å². The first-order valence-corrected chi connectivity index (χ1v) is 6.05. The van der Waals surface area contributed by atoms with Crippen LogP contribution in [-0.4, -0.2) is 21.9 Å². The molecular weight excluding hydrogens is 240 g/mol. The van der Waals surface area contributed by atoms with Crippen molar-refractivity contribution < 1.29 is 4.74 Å². The van der Waals surface area contributed by atoms with E-state index in [2.05, 4.69) is 27.9 Å². The van der Waals surface area contributed by atoms with Gasteiger partial charge in [-0.2, -0.15) is 5.10 Å². The number of fused-ring (bicyclic) bond motifs is 1. The van der Waals surface area contributed by atoms with Crippen molar-refractivity contribution in [2.24, 2.45) is 7.05 Å². The fraction of sp³-hybridized carbons (Fsp3) is 0.214. The fourth-order valence-corrected chi connectivity index (χ4v) is 2.56. The lowest BCUT2D eigenvalue weighted by molar-refractivity contribution is 0.415. The van der Waals surface area contributed by atoms with Crippen LogP contribution in [0.1, 0.15) is 5.56 Å². The fourth-order valence-electron chi connectivity index (χ4n) is 2.56. The number of H-pyrrole nitrogens is 1. The number of nitrogen functional groups attached to an aromatic ring is 1. The third-order valence-corrected chi connectivity index (χ3v) is 3.36. The summed E-state index contributed by atoms with van der Waals surface area (Å²) in [5.41, 5.74) is 10.0. The number of hydrogen-bond acceptors (Lipinski definition) is 3. The summed E-state index contributed by atoms with van der Waals surface area (Å²) in [5.74, 6) is 1.34. The van der Waals surface area contributed by atoms with Crippen LogP contribution in [0.4, 0.5) is 5.82 Å². The van der Waals surface area contributed by atoms with Crippen LogP contribution in [-0.2, 0) is 7.05 Å². The predicted molar refractivity (Wildman–Crippen MR) is 76.2 cm³/mol. The van der Waals surface area contributed by atoms with Crippen molar-refractivity contribution >= 4 is 16.7 Å². The van der Waals surface area contributed by atoms with Crippen LogP contribution in [0.25, 0.3) is 22.2 Å². The number of methoxy groups -OCH3 is 1. The summed E-state index contributed by atoms with van der Waals surface area (Å²) in [5, 5.41) is 8.07. The summed E-state index contributed by atoms with van der Waals surface area (Å²) in [6, 6.07) is 5.91. The van der Waals surface area contributed by atoms with Gasteiger partial charge in [0.15, 0.2) is 0 Å². The van der Waals surface area contributed by atoms with E-state index in [1.54, 1.807) is 7.11 Å². The Bertz CT molecular complexity index is 754. The average molecular weight is 256 g/mol. The van der Waals surface area contributed by atoms with Crippen molar-refractivity contribution in [3.05, 3.63) is 30.0 Å². The number of aromatic nitrogens is 3. The summed E-state index contributed by atoms with van der Waals surface area (Å²) in [4.78, 5) is 0. The summed E-state index contributed by atoms with van der Waals surface area (Å²) >= 11 is 0. The third kappa shape index (κ3) is 1.74. The van der Waals surface area contributed by atoms with Gasteiger partial charge in [0, 0.05) is 30.3 Å². The highest BCUT2D eigenvalue weighted by Gasteiger charge is 2.13. The van der Waals surface area contributed by atoms with E-state index in [4.69, 9.17) is 10.5 Å². The maximum Gasteiger partial charge on any atom is 0.145 e. The molecule has 19 heavy (non-hydrogen) atoms. The Labute approximate surface area is 111 Å². The van der Waals surface area contributed by atoms with Gasteiger partial charge in [-0.05, 0) is 24.6 Å². The number of rotatable bonds is 2. The number of aryl methyl sites for hydroxylation is 2. The molecule has 3 rings (SSSR count). The lowest BCUT2D eigenvalue weighted by Gasteiger charge is -2.05. The van der Waals surface area contributed by atoms with Crippen molar-refractivity contribution in [2.75, 3.05) is 12.8 Å². The molecule has 1 aromatic carbocycles. The minimum atomic E-state index is 0.492.